The van der Waals surface area contributed by atoms with Crippen molar-refractivity contribution >= 4 is 11.9 Å². The Morgan fingerprint density at radius 2 is 1.65 bits per heavy atom. The third-order valence-electron chi connectivity index (χ3n) is 7.59. The lowest BCUT2D eigenvalue weighted by atomic mass is 9.50. The van der Waals surface area contributed by atoms with E-state index in [9.17, 15) is 9.59 Å². The molecule has 0 aromatic rings. The summed E-state index contributed by atoms with van der Waals surface area (Å²) < 4.78 is 10.8. The van der Waals surface area contributed by atoms with E-state index in [0.717, 1.165) is 24.7 Å². The van der Waals surface area contributed by atoms with Gasteiger partial charge in [-0.3, -0.25) is 0 Å². The molecule has 4 heteroatoms. The maximum atomic E-state index is 11.8. The maximum absolute atomic E-state index is 11.8. The summed E-state index contributed by atoms with van der Waals surface area (Å²) in [5, 5.41) is 0. The van der Waals surface area contributed by atoms with Crippen LogP contribution in [-0.4, -0.2) is 24.1 Å². The van der Waals surface area contributed by atoms with Gasteiger partial charge in [0.1, 0.15) is 5.60 Å². The van der Waals surface area contributed by atoms with E-state index in [1.54, 1.807) is 6.92 Å². The molecule has 1 unspecified atom stereocenters. The molecule has 4 nitrogen and oxygen atoms in total. The second-order valence-corrected chi connectivity index (χ2v) is 9.91. The molecule has 4 aliphatic carbocycles. The number of carbonyl (C=O) groups excluding carboxylic acids is 2. The Morgan fingerprint density at radius 1 is 1.10 bits per heavy atom. The number of carbonyl (C=O) groups is 2. The van der Waals surface area contributed by atoms with Crippen LogP contribution < -0.4 is 0 Å². The Morgan fingerprint density at radius 3 is 2.06 bits per heavy atom. The van der Waals surface area contributed by atoms with Crippen LogP contribution in [-0.2, 0) is 19.1 Å². The van der Waals surface area contributed by atoms with Gasteiger partial charge >= 0.3 is 11.9 Å². The Hall–Kier alpha value is -1.58. The number of ether oxygens (including phenoxy) is 2. The Labute approximate surface area is 190 Å². The summed E-state index contributed by atoms with van der Waals surface area (Å²) in [5.41, 5.74) is 0.323. The lowest BCUT2D eigenvalue weighted by Crippen LogP contribution is -2.58. The van der Waals surface area contributed by atoms with Gasteiger partial charge in [-0.1, -0.05) is 53.7 Å². The van der Waals surface area contributed by atoms with Crippen LogP contribution in [0, 0.1) is 29.6 Å². The molecule has 0 spiro atoms. The van der Waals surface area contributed by atoms with Crippen molar-refractivity contribution in [3.05, 3.63) is 24.8 Å². The third-order valence-corrected chi connectivity index (χ3v) is 7.59. The van der Waals surface area contributed by atoms with E-state index < -0.39 is 0 Å². The monoisotopic (exact) mass is 434 g/mol. The second kappa shape index (κ2) is 12.5. The van der Waals surface area contributed by atoms with E-state index >= 15 is 0 Å². The fourth-order valence-electron chi connectivity index (χ4n) is 5.73. The van der Waals surface area contributed by atoms with Gasteiger partial charge in [0.2, 0.25) is 0 Å². The average Bonchev–Trinajstić information content (AvgIpc) is 2.72. The van der Waals surface area contributed by atoms with E-state index in [4.69, 9.17) is 9.47 Å². The zero-order chi connectivity index (χ0) is 22.3. The highest BCUT2D eigenvalue weighted by molar-refractivity contribution is 5.87. The number of hydrogen-bond acceptors (Lipinski definition) is 4. The van der Waals surface area contributed by atoms with Crippen LogP contribution in [0.5, 0.6) is 0 Å². The number of unbranched alkanes of at least 4 members (excludes halogenated alkanes) is 1. The lowest BCUT2D eigenvalue weighted by Gasteiger charge is -2.59. The first-order chi connectivity index (χ1) is 14.2. The van der Waals surface area contributed by atoms with Crippen molar-refractivity contribution in [3.63, 3.8) is 0 Å². The first-order valence-corrected chi connectivity index (χ1v) is 11.9. The quantitative estimate of drug-likeness (QED) is 0.293. The van der Waals surface area contributed by atoms with E-state index in [0.29, 0.717) is 29.9 Å². The molecule has 0 aliphatic heterocycles. The van der Waals surface area contributed by atoms with Crippen molar-refractivity contribution < 1.29 is 19.1 Å². The molecule has 178 valence electrons. The summed E-state index contributed by atoms with van der Waals surface area (Å²) in [5.74, 6) is 3.03. The van der Waals surface area contributed by atoms with Gasteiger partial charge in [0.15, 0.2) is 0 Å². The summed E-state index contributed by atoms with van der Waals surface area (Å²) >= 11 is 0. The van der Waals surface area contributed by atoms with Crippen LogP contribution in [0.15, 0.2) is 24.8 Å². The van der Waals surface area contributed by atoms with Gasteiger partial charge in [0.05, 0.1) is 6.61 Å². The lowest BCUT2D eigenvalue weighted by molar-refractivity contribution is -0.199. The maximum Gasteiger partial charge on any atom is 0.333 e. The molecule has 4 fully saturated rings. The molecule has 0 radical (unpaired) electrons. The number of hydrogen-bond donors (Lipinski definition) is 0. The summed E-state index contributed by atoms with van der Waals surface area (Å²) in [6.07, 6.45) is 12.4. The Bertz CT molecular complexity index is 593. The van der Waals surface area contributed by atoms with Crippen LogP contribution in [0.4, 0.5) is 0 Å². The summed E-state index contributed by atoms with van der Waals surface area (Å²) in [6, 6.07) is 0. The minimum Gasteiger partial charge on any atom is -0.462 e. The molecule has 31 heavy (non-hydrogen) atoms. The molecule has 0 heterocycles. The van der Waals surface area contributed by atoms with Gasteiger partial charge in [-0.15, -0.1) is 0 Å². The van der Waals surface area contributed by atoms with Crippen molar-refractivity contribution in [3.8, 4) is 0 Å². The predicted octanol–water partition coefficient (Wildman–Crippen LogP) is 6.89. The number of esters is 2. The van der Waals surface area contributed by atoms with Crippen LogP contribution >= 0.6 is 0 Å². The minimum atomic E-state index is -0.310. The molecule has 0 aromatic carbocycles. The van der Waals surface area contributed by atoms with E-state index in [2.05, 4.69) is 33.9 Å². The summed E-state index contributed by atoms with van der Waals surface area (Å²) in [4.78, 5) is 22.6. The molecule has 0 amide bonds. The van der Waals surface area contributed by atoms with Crippen LogP contribution in [0.3, 0.4) is 0 Å². The van der Waals surface area contributed by atoms with Crippen LogP contribution in [0.2, 0.25) is 0 Å². The van der Waals surface area contributed by atoms with Crippen molar-refractivity contribution in [2.75, 3.05) is 6.61 Å². The SMILES string of the molecule is C.C=C(C)C(=O)OC1(C)C2CC3CC(C2)CC1C3.C=CC(=O)OCC(CC)CCCC. The standard InChI is InChI=1S/C15H22O2.C11H20O2.CH4/c1-9(2)14(16)17-15(3)12-5-10-4-11(7-12)8-13(15)6-10;1-4-7-8-10(5-2)9-13-11(12)6-3;/h10-13H,1,4-8H2,2-3H3;6,10H,3-5,7-9H2,1-2H3;1H4. The zero-order valence-electron chi connectivity index (χ0n) is 19.6. The minimum absolute atomic E-state index is 0. The fourth-order valence-corrected chi connectivity index (χ4v) is 5.73. The van der Waals surface area contributed by atoms with Crippen molar-refractivity contribution in [2.45, 2.75) is 98.5 Å². The largest absolute Gasteiger partial charge is 0.462 e. The molecule has 0 N–H and O–H groups in total. The summed E-state index contributed by atoms with van der Waals surface area (Å²) in [6.45, 7) is 15.8. The normalized spacial score (nSPS) is 30.8. The highest BCUT2D eigenvalue weighted by Gasteiger charge is 2.57. The molecule has 4 saturated carbocycles. The predicted molar refractivity (Wildman–Crippen MR) is 128 cm³/mol. The molecule has 0 aromatic heterocycles. The second-order valence-electron chi connectivity index (χ2n) is 9.91. The first-order valence-electron chi connectivity index (χ1n) is 11.9. The molecule has 1 atom stereocenters. The van der Waals surface area contributed by atoms with Crippen LogP contribution in [0.1, 0.15) is 92.9 Å². The fraction of sp³-hybridized carbons (Fsp3) is 0.778. The van der Waals surface area contributed by atoms with Crippen molar-refractivity contribution in [1.82, 2.24) is 0 Å². The van der Waals surface area contributed by atoms with Gasteiger partial charge in [-0.05, 0) is 82.0 Å². The van der Waals surface area contributed by atoms with Gasteiger partial charge in [0, 0.05) is 11.6 Å². The average molecular weight is 435 g/mol. The molecule has 4 bridgehead atoms. The molecular weight excluding hydrogens is 388 g/mol. The summed E-state index contributed by atoms with van der Waals surface area (Å²) in [7, 11) is 0. The highest BCUT2D eigenvalue weighted by atomic mass is 16.6. The number of rotatable bonds is 9. The Kier molecular flexibility index (Phi) is 11.0. The van der Waals surface area contributed by atoms with Gasteiger partial charge in [-0.25, -0.2) is 9.59 Å². The van der Waals surface area contributed by atoms with E-state index in [1.807, 2.05) is 0 Å². The smallest absolute Gasteiger partial charge is 0.333 e. The van der Waals surface area contributed by atoms with E-state index in [1.165, 1.54) is 51.0 Å². The van der Waals surface area contributed by atoms with Crippen molar-refractivity contribution in [1.29, 1.82) is 0 Å². The van der Waals surface area contributed by atoms with Gasteiger partial charge in [0.25, 0.3) is 0 Å². The topological polar surface area (TPSA) is 52.6 Å². The third kappa shape index (κ3) is 7.22. The zero-order valence-corrected chi connectivity index (χ0v) is 19.6. The molecule has 4 aliphatic rings. The van der Waals surface area contributed by atoms with Crippen molar-refractivity contribution in [2.24, 2.45) is 29.6 Å². The van der Waals surface area contributed by atoms with Gasteiger partial charge < -0.3 is 9.47 Å². The van der Waals surface area contributed by atoms with E-state index in [-0.39, 0.29) is 25.0 Å². The molecule has 0 saturated heterocycles. The molecule has 4 rings (SSSR count). The Balaban J connectivity index is 0.000000314. The first kappa shape index (κ1) is 27.5. The van der Waals surface area contributed by atoms with Crippen LogP contribution in [0.25, 0.3) is 0 Å². The van der Waals surface area contributed by atoms with Gasteiger partial charge in [-0.2, -0.15) is 0 Å². The highest BCUT2D eigenvalue weighted by Crippen LogP contribution is 2.59. The molecular formula is C27H46O4.